The van der Waals surface area contributed by atoms with Crippen LogP contribution in [0.4, 0.5) is 4.79 Å². The van der Waals surface area contributed by atoms with Gasteiger partial charge in [-0.1, -0.05) is 13.0 Å². The van der Waals surface area contributed by atoms with E-state index in [1.807, 2.05) is 11.6 Å². The minimum atomic E-state index is -3.69. The highest BCUT2D eigenvalue weighted by molar-refractivity contribution is 7.92. The quantitative estimate of drug-likeness (QED) is 0.839. The van der Waals surface area contributed by atoms with E-state index in [0.29, 0.717) is 6.54 Å². The van der Waals surface area contributed by atoms with E-state index in [4.69, 9.17) is 0 Å². The van der Waals surface area contributed by atoms with Crippen molar-refractivity contribution in [2.45, 2.75) is 17.6 Å². The average Bonchev–Trinajstić information content (AvgIpc) is 2.67. The van der Waals surface area contributed by atoms with Crippen molar-refractivity contribution in [1.82, 2.24) is 10.0 Å². The molecule has 0 unspecified atom stereocenters. The Bertz CT molecular complexity index is 411. The lowest BCUT2D eigenvalue weighted by Gasteiger charge is -2.05. The molecule has 0 aromatic carbocycles. The van der Waals surface area contributed by atoms with Crippen molar-refractivity contribution in [3.8, 4) is 0 Å². The third kappa shape index (κ3) is 3.52. The number of hydrogen-bond acceptors (Lipinski definition) is 4. The maximum absolute atomic E-state index is 11.5. The Labute approximate surface area is 92.6 Å². The Kier molecular flexibility index (Phi) is 4.10. The molecule has 7 heteroatoms. The fraction of sp³-hybridized carbons (Fsp3) is 0.375. The number of carbonyl (C=O) groups excluding carboxylic acids is 1. The summed E-state index contributed by atoms with van der Waals surface area (Å²) in [6.07, 6.45) is 0.756. The molecular formula is C8H12N2O3S2. The van der Waals surface area contributed by atoms with Crippen LogP contribution in [0, 0.1) is 0 Å². The number of rotatable bonds is 4. The molecule has 2 amide bonds. The summed E-state index contributed by atoms with van der Waals surface area (Å²) in [4.78, 5) is 11.1. The predicted molar refractivity (Wildman–Crippen MR) is 58.3 cm³/mol. The first kappa shape index (κ1) is 12.0. The Morgan fingerprint density at radius 1 is 1.53 bits per heavy atom. The third-order valence-corrected chi connectivity index (χ3v) is 4.25. The standard InChI is InChI=1S/C8H12N2O3S2/c1-2-5-9-8(11)10-15(12,13)7-4-3-6-14-7/h3-4,6H,2,5H2,1H3,(H2,9,10,11). The highest BCUT2D eigenvalue weighted by atomic mass is 32.2. The summed E-state index contributed by atoms with van der Waals surface area (Å²) in [7, 11) is -3.69. The molecule has 0 spiro atoms. The van der Waals surface area contributed by atoms with Crippen molar-refractivity contribution in [2.24, 2.45) is 0 Å². The Hall–Kier alpha value is -1.08. The molecule has 0 bridgehead atoms. The van der Waals surface area contributed by atoms with Crippen LogP contribution in [-0.4, -0.2) is 21.0 Å². The van der Waals surface area contributed by atoms with Crippen molar-refractivity contribution in [1.29, 1.82) is 0 Å². The number of hydrogen-bond donors (Lipinski definition) is 2. The van der Waals surface area contributed by atoms with E-state index >= 15 is 0 Å². The summed E-state index contributed by atoms with van der Waals surface area (Å²) in [6.45, 7) is 2.33. The molecule has 0 fully saturated rings. The van der Waals surface area contributed by atoms with Crippen molar-refractivity contribution in [3.05, 3.63) is 17.5 Å². The van der Waals surface area contributed by atoms with Gasteiger partial charge in [0.1, 0.15) is 4.21 Å². The van der Waals surface area contributed by atoms with Gasteiger partial charge in [-0.2, -0.15) is 0 Å². The van der Waals surface area contributed by atoms with Gasteiger partial charge in [-0.15, -0.1) is 11.3 Å². The minimum Gasteiger partial charge on any atom is -0.337 e. The largest absolute Gasteiger partial charge is 0.337 e. The number of amides is 2. The van der Waals surface area contributed by atoms with E-state index in [2.05, 4.69) is 5.32 Å². The molecule has 84 valence electrons. The van der Waals surface area contributed by atoms with Crippen molar-refractivity contribution < 1.29 is 13.2 Å². The highest BCUT2D eigenvalue weighted by Crippen LogP contribution is 2.14. The van der Waals surface area contributed by atoms with Crippen molar-refractivity contribution in [3.63, 3.8) is 0 Å². The van der Waals surface area contributed by atoms with E-state index in [0.717, 1.165) is 17.8 Å². The molecule has 0 atom stereocenters. The van der Waals surface area contributed by atoms with Gasteiger partial charge in [-0.25, -0.2) is 17.9 Å². The van der Waals surface area contributed by atoms with Gasteiger partial charge in [0.15, 0.2) is 0 Å². The van der Waals surface area contributed by atoms with E-state index in [9.17, 15) is 13.2 Å². The van der Waals surface area contributed by atoms with Gasteiger partial charge >= 0.3 is 6.03 Å². The number of carbonyl (C=O) groups is 1. The second-order valence-corrected chi connectivity index (χ2v) is 5.65. The summed E-state index contributed by atoms with van der Waals surface area (Å²) in [5.74, 6) is 0. The molecule has 0 radical (unpaired) electrons. The molecule has 0 aliphatic heterocycles. The second-order valence-electron chi connectivity index (χ2n) is 2.79. The molecule has 15 heavy (non-hydrogen) atoms. The molecule has 5 nitrogen and oxygen atoms in total. The van der Waals surface area contributed by atoms with Crippen LogP contribution in [0.1, 0.15) is 13.3 Å². The van der Waals surface area contributed by atoms with E-state index in [-0.39, 0.29) is 4.21 Å². The smallest absolute Gasteiger partial charge is 0.328 e. The monoisotopic (exact) mass is 248 g/mol. The molecule has 1 rings (SSSR count). The van der Waals surface area contributed by atoms with E-state index < -0.39 is 16.1 Å². The van der Waals surface area contributed by atoms with Crippen molar-refractivity contribution >= 4 is 27.4 Å². The molecule has 0 saturated heterocycles. The lowest BCUT2D eigenvalue weighted by atomic mass is 10.5. The molecule has 1 heterocycles. The van der Waals surface area contributed by atoms with Crippen LogP contribution < -0.4 is 10.0 Å². The number of thiophene rings is 1. The Morgan fingerprint density at radius 2 is 2.27 bits per heavy atom. The van der Waals surface area contributed by atoms with Gasteiger partial charge in [-0.05, 0) is 17.9 Å². The van der Waals surface area contributed by atoms with Gasteiger partial charge in [-0.3, -0.25) is 0 Å². The van der Waals surface area contributed by atoms with Crippen LogP contribution in [0.5, 0.6) is 0 Å². The van der Waals surface area contributed by atoms with Crippen molar-refractivity contribution in [2.75, 3.05) is 6.54 Å². The molecule has 1 aromatic rings. The van der Waals surface area contributed by atoms with Crippen LogP contribution >= 0.6 is 11.3 Å². The highest BCUT2D eigenvalue weighted by Gasteiger charge is 2.17. The van der Waals surface area contributed by atoms with E-state index in [1.165, 1.54) is 6.07 Å². The van der Waals surface area contributed by atoms with Gasteiger partial charge in [0.05, 0.1) is 0 Å². The topological polar surface area (TPSA) is 75.3 Å². The van der Waals surface area contributed by atoms with Gasteiger partial charge < -0.3 is 5.32 Å². The van der Waals surface area contributed by atoms with Gasteiger partial charge in [0, 0.05) is 6.54 Å². The Morgan fingerprint density at radius 3 is 2.80 bits per heavy atom. The maximum Gasteiger partial charge on any atom is 0.328 e. The van der Waals surface area contributed by atoms with Gasteiger partial charge in [0.25, 0.3) is 10.0 Å². The first-order valence-electron chi connectivity index (χ1n) is 4.40. The molecule has 0 aliphatic rings. The molecule has 0 aliphatic carbocycles. The number of sulfonamides is 1. The molecular weight excluding hydrogens is 236 g/mol. The fourth-order valence-electron chi connectivity index (χ4n) is 0.863. The fourth-order valence-corrected chi connectivity index (χ4v) is 2.78. The zero-order valence-corrected chi connectivity index (χ0v) is 9.82. The number of urea groups is 1. The SMILES string of the molecule is CCCNC(=O)NS(=O)(=O)c1cccs1. The first-order chi connectivity index (χ1) is 7.06. The van der Waals surface area contributed by atoms with Gasteiger partial charge in [0.2, 0.25) is 0 Å². The first-order valence-corrected chi connectivity index (χ1v) is 6.76. The lowest BCUT2D eigenvalue weighted by molar-refractivity contribution is 0.246. The average molecular weight is 248 g/mol. The summed E-state index contributed by atoms with van der Waals surface area (Å²) in [6, 6.07) is 2.37. The van der Waals surface area contributed by atoms with Crippen LogP contribution in [-0.2, 0) is 10.0 Å². The number of nitrogens with one attached hydrogen (secondary N) is 2. The zero-order chi connectivity index (χ0) is 11.3. The normalized spacial score (nSPS) is 11.0. The minimum absolute atomic E-state index is 0.133. The van der Waals surface area contributed by atoms with Crippen LogP contribution in [0.2, 0.25) is 0 Å². The van der Waals surface area contributed by atoms with E-state index in [1.54, 1.807) is 11.4 Å². The summed E-state index contributed by atoms with van der Waals surface area (Å²) >= 11 is 1.07. The molecule has 0 saturated carbocycles. The summed E-state index contributed by atoms with van der Waals surface area (Å²) < 4.78 is 25.1. The summed E-state index contributed by atoms with van der Waals surface area (Å²) in [5, 5.41) is 4.06. The summed E-state index contributed by atoms with van der Waals surface area (Å²) in [5.41, 5.74) is 0. The predicted octanol–water partition coefficient (Wildman–Crippen LogP) is 1.15. The molecule has 2 N–H and O–H groups in total. The second kappa shape index (κ2) is 5.13. The third-order valence-electron chi connectivity index (χ3n) is 1.52. The van der Waals surface area contributed by atoms with Crippen LogP contribution in [0.15, 0.2) is 21.7 Å². The zero-order valence-electron chi connectivity index (χ0n) is 8.19. The molecule has 1 aromatic heterocycles. The maximum atomic E-state index is 11.5. The Balaban J connectivity index is 2.62. The lowest BCUT2D eigenvalue weighted by Crippen LogP contribution is -2.39. The van der Waals surface area contributed by atoms with Crippen LogP contribution in [0.25, 0.3) is 0 Å². The van der Waals surface area contributed by atoms with Crippen LogP contribution in [0.3, 0.4) is 0 Å².